The summed E-state index contributed by atoms with van der Waals surface area (Å²) < 4.78 is 10.5. The smallest absolute Gasteiger partial charge is 0.255 e. The van der Waals surface area contributed by atoms with Crippen LogP contribution in [0.2, 0.25) is 0 Å². The fraction of sp³-hybridized carbons (Fsp3) is 0.200. The van der Waals surface area contributed by atoms with Crippen LogP contribution in [0.5, 0.6) is 11.5 Å². The molecule has 0 unspecified atom stereocenters. The van der Waals surface area contributed by atoms with Gasteiger partial charge in [-0.25, -0.2) is 0 Å². The summed E-state index contributed by atoms with van der Waals surface area (Å²) in [5.41, 5.74) is 3.24. The maximum absolute atomic E-state index is 12.7. The number of carbonyl (C=O) groups is 2. The summed E-state index contributed by atoms with van der Waals surface area (Å²) in [5, 5.41) is 2.81. The zero-order valence-corrected chi connectivity index (χ0v) is 18.7. The van der Waals surface area contributed by atoms with Gasteiger partial charge in [0, 0.05) is 23.9 Å². The van der Waals surface area contributed by atoms with Crippen LogP contribution >= 0.6 is 11.8 Å². The topological polar surface area (TPSA) is 67.9 Å². The number of amides is 2. The molecule has 1 fully saturated rings. The highest BCUT2D eigenvalue weighted by atomic mass is 32.2. The molecule has 32 heavy (non-hydrogen) atoms. The van der Waals surface area contributed by atoms with Crippen LogP contribution in [0.3, 0.4) is 0 Å². The number of nitrogens with one attached hydrogen (secondary N) is 1. The van der Waals surface area contributed by atoms with Gasteiger partial charge in [0.2, 0.25) is 5.91 Å². The van der Waals surface area contributed by atoms with Gasteiger partial charge in [0.15, 0.2) is 11.5 Å². The molecule has 1 N–H and O–H groups in total. The second kappa shape index (κ2) is 9.78. The Bertz CT molecular complexity index is 1100. The molecule has 0 spiro atoms. The van der Waals surface area contributed by atoms with Gasteiger partial charge in [-0.3, -0.25) is 9.59 Å². The Kier molecular flexibility index (Phi) is 6.66. The molecule has 3 aromatic rings. The molecule has 0 aromatic heterocycles. The van der Waals surface area contributed by atoms with E-state index in [-0.39, 0.29) is 17.2 Å². The second-order valence-electron chi connectivity index (χ2n) is 7.32. The second-order valence-corrected chi connectivity index (χ2v) is 8.39. The Morgan fingerprint density at radius 1 is 1.00 bits per heavy atom. The van der Waals surface area contributed by atoms with E-state index in [4.69, 9.17) is 9.47 Å². The lowest BCUT2D eigenvalue weighted by atomic mass is 10.1. The molecular weight excluding hydrogens is 424 g/mol. The molecule has 0 radical (unpaired) electrons. The average molecular weight is 449 g/mol. The van der Waals surface area contributed by atoms with Crippen molar-refractivity contribution in [1.29, 1.82) is 0 Å². The van der Waals surface area contributed by atoms with Gasteiger partial charge in [-0.05, 0) is 35.4 Å². The van der Waals surface area contributed by atoms with Crippen molar-refractivity contribution in [2.75, 3.05) is 25.3 Å². The van der Waals surface area contributed by atoms with Crippen molar-refractivity contribution in [3.63, 3.8) is 0 Å². The quantitative estimate of drug-likeness (QED) is 0.566. The summed E-state index contributed by atoms with van der Waals surface area (Å²) in [5.74, 6) is 1.50. The Morgan fingerprint density at radius 2 is 1.72 bits per heavy atom. The predicted octanol–water partition coefficient (Wildman–Crippen LogP) is 4.73. The summed E-state index contributed by atoms with van der Waals surface area (Å²) in [6.45, 7) is 0.568. The Morgan fingerprint density at radius 3 is 2.41 bits per heavy atom. The van der Waals surface area contributed by atoms with Crippen molar-refractivity contribution >= 4 is 29.3 Å². The van der Waals surface area contributed by atoms with Crippen LogP contribution in [0.1, 0.15) is 26.9 Å². The minimum atomic E-state index is -0.222. The van der Waals surface area contributed by atoms with Gasteiger partial charge in [0.1, 0.15) is 5.37 Å². The van der Waals surface area contributed by atoms with Crippen LogP contribution in [0.25, 0.3) is 0 Å². The van der Waals surface area contributed by atoms with Gasteiger partial charge in [-0.15, -0.1) is 11.8 Å². The van der Waals surface area contributed by atoms with Crippen molar-refractivity contribution in [1.82, 2.24) is 4.90 Å². The van der Waals surface area contributed by atoms with Crippen LogP contribution in [0.15, 0.2) is 72.8 Å². The van der Waals surface area contributed by atoms with E-state index in [2.05, 4.69) is 5.32 Å². The number of benzene rings is 3. The minimum Gasteiger partial charge on any atom is -0.493 e. The molecule has 164 valence electrons. The first-order valence-electron chi connectivity index (χ1n) is 10.2. The summed E-state index contributed by atoms with van der Waals surface area (Å²) in [4.78, 5) is 27.1. The molecule has 1 saturated heterocycles. The Hall–Kier alpha value is -3.45. The van der Waals surface area contributed by atoms with E-state index in [1.807, 2.05) is 47.4 Å². The molecule has 0 saturated carbocycles. The van der Waals surface area contributed by atoms with E-state index in [0.717, 1.165) is 11.1 Å². The van der Waals surface area contributed by atoms with Crippen LogP contribution in [0, 0.1) is 0 Å². The number of hydrogen-bond acceptors (Lipinski definition) is 5. The maximum atomic E-state index is 12.7. The Labute approximate surface area is 191 Å². The summed E-state index contributed by atoms with van der Waals surface area (Å²) in [6, 6.07) is 22.6. The molecule has 0 bridgehead atoms. The van der Waals surface area contributed by atoms with Crippen molar-refractivity contribution in [2.24, 2.45) is 0 Å². The van der Waals surface area contributed by atoms with Gasteiger partial charge in [-0.1, -0.05) is 42.5 Å². The SMILES string of the molecule is COc1ccc(NC(=O)c2ccc([C@H]3SCC(=O)N3Cc3ccccc3)cc2)cc1OC. The van der Waals surface area contributed by atoms with Gasteiger partial charge < -0.3 is 19.7 Å². The van der Waals surface area contributed by atoms with E-state index in [9.17, 15) is 9.59 Å². The van der Waals surface area contributed by atoms with Gasteiger partial charge in [0.05, 0.1) is 20.0 Å². The van der Waals surface area contributed by atoms with Gasteiger partial charge >= 0.3 is 0 Å². The zero-order valence-electron chi connectivity index (χ0n) is 17.9. The number of ether oxygens (including phenoxy) is 2. The standard InChI is InChI=1S/C25H24N2O4S/c1-30-21-13-12-20(14-22(21)31-2)26-24(29)18-8-10-19(11-9-18)25-27(23(28)16-32-25)15-17-6-4-3-5-7-17/h3-14,25H,15-16H2,1-2H3,(H,26,29)/t25-/m1/s1. The van der Waals surface area contributed by atoms with Crippen molar-refractivity contribution < 1.29 is 19.1 Å². The Balaban J connectivity index is 1.46. The molecule has 1 aliphatic heterocycles. The zero-order chi connectivity index (χ0) is 22.5. The van der Waals surface area contributed by atoms with Gasteiger partial charge in [-0.2, -0.15) is 0 Å². The van der Waals surface area contributed by atoms with E-state index in [0.29, 0.717) is 35.0 Å². The molecule has 0 aliphatic carbocycles. The monoisotopic (exact) mass is 448 g/mol. The fourth-order valence-electron chi connectivity index (χ4n) is 3.60. The van der Waals surface area contributed by atoms with E-state index < -0.39 is 0 Å². The molecule has 7 heteroatoms. The summed E-state index contributed by atoms with van der Waals surface area (Å²) in [6.07, 6.45) is 0. The highest BCUT2D eigenvalue weighted by Crippen LogP contribution is 2.39. The highest BCUT2D eigenvalue weighted by Gasteiger charge is 2.32. The van der Waals surface area contributed by atoms with Crippen LogP contribution < -0.4 is 14.8 Å². The molecule has 1 heterocycles. The summed E-state index contributed by atoms with van der Waals surface area (Å²) >= 11 is 1.61. The molecule has 1 atom stereocenters. The first kappa shape index (κ1) is 21.8. The van der Waals surface area contributed by atoms with E-state index >= 15 is 0 Å². The number of thioether (sulfide) groups is 1. The molecule has 6 nitrogen and oxygen atoms in total. The normalized spacial score (nSPS) is 15.5. The van der Waals surface area contributed by atoms with Crippen LogP contribution in [-0.2, 0) is 11.3 Å². The van der Waals surface area contributed by atoms with Crippen molar-refractivity contribution in [3.8, 4) is 11.5 Å². The summed E-state index contributed by atoms with van der Waals surface area (Å²) in [7, 11) is 3.11. The third-order valence-corrected chi connectivity index (χ3v) is 6.52. The maximum Gasteiger partial charge on any atom is 0.255 e. The number of methoxy groups -OCH3 is 2. The largest absolute Gasteiger partial charge is 0.493 e. The number of carbonyl (C=O) groups excluding carboxylic acids is 2. The molecule has 4 rings (SSSR count). The van der Waals surface area contributed by atoms with Crippen LogP contribution in [-0.4, -0.2) is 36.7 Å². The highest BCUT2D eigenvalue weighted by molar-refractivity contribution is 8.00. The molecule has 1 aliphatic rings. The third kappa shape index (κ3) is 4.73. The molecule has 3 aromatic carbocycles. The molecular formula is C25H24N2O4S. The van der Waals surface area contributed by atoms with E-state index in [1.54, 1.807) is 56.3 Å². The van der Waals surface area contributed by atoms with E-state index in [1.165, 1.54) is 0 Å². The lowest BCUT2D eigenvalue weighted by Crippen LogP contribution is -2.27. The number of anilines is 1. The third-order valence-electron chi connectivity index (χ3n) is 5.26. The number of rotatable bonds is 7. The van der Waals surface area contributed by atoms with Crippen LogP contribution in [0.4, 0.5) is 5.69 Å². The molecule has 2 amide bonds. The number of hydrogen-bond donors (Lipinski definition) is 1. The van der Waals surface area contributed by atoms with Gasteiger partial charge in [0.25, 0.3) is 5.91 Å². The van der Waals surface area contributed by atoms with Crippen molar-refractivity contribution in [3.05, 3.63) is 89.5 Å². The first-order chi connectivity index (χ1) is 15.6. The first-order valence-corrected chi connectivity index (χ1v) is 11.2. The van der Waals surface area contributed by atoms with Crippen molar-refractivity contribution in [2.45, 2.75) is 11.9 Å². The number of nitrogens with zero attached hydrogens (tertiary/aromatic N) is 1. The lowest BCUT2D eigenvalue weighted by Gasteiger charge is -2.24. The lowest BCUT2D eigenvalue weighted by molar-refractivity contribution is -0.128. The predicted molar refractivity (Wildman–Crippen MR) is 126 cm³/mol. The average Bonchev–Trinajstić information content (AvgIpc) is 3.19. The fourth-order valence-corrected chi connectivity index (χ4v) is 4.79. The minimum absolute atomic E-state index is 0.0642.